The fourth-order valence-electron chi connectivity index (χ4n) is 2.63. The van der Waals surface area contributed by atoms with Crippen LogP contribution in [0.15, 0.2) is 77.1 Å². The van der Waals surface area contributed by atoms with Gasteiger partial charge < -0.3 is 10.3 Å². The highest BCUT2D eigenvalue weighted by molar-refractivity contribution is 8.03. The highest BCUT2D eigenvalue weighted by Gasteiger charge is 2.13. The van der Waals surface area contributed by atoms with Crippen LogP contribution in [0.2, 0.25) is 0 Å². The van der Waals surface area contributed by atoms with Crippen LogP contribution in [-0.4, -0.2) is 19.5 Å². The van der Waals surface area contributed by atoms with Crippen molar-refractivity contribution in [3.05, 3.63) is 77.5 Å². The molecule has 0 bridgehead atoms. The second kappa shape index (κ2) is 6.94. The number of hydrogen-bond donors (Lipinski definition) is 1. The van der Waals surface area contributed by atoms with Gasteiger partial charge in [0.1, 0.15) is 5.52 Å². The highest BCUT2D eigenvalue weighted by atomic mass is 32.2. The number of aromatic nitrogens is 4. The number of nitrogens with zero attached hydrogens (tertiary/aromatic N) is 4. The fraction of sp³-hybridized carbons (Fsp3) is 0.105. The molecule has 0 fully saturated rings. The molecule has 0 amide bonds. The quantitative estimate of drug-likeness (QED) is 0.724. The van der Waals surface area contributed by atoms with Gasteiger partial charge >= 0.3 is 0 Å². The smallest absolute Gasteiger partial charge is 0.196 e. The van der Waals surface area contributed by atoms with E-state index >= 15 is 0 Å². The van der Waals surface area contributed by atoms with Gasteiger partial charge in [0, 0.05) is 4.91 Å². The van der Waals surface area contributed by atoms with Gasteiger partial charge in [-0.2, -0.15) is 0 Å². The first-order chi connectivity index (χ1) is 12.3. The molecule has 5 nitrogen and oxygen atoms in total. The molecule has 0 atom stereocenters. The van der Waals surface area contributed by atoms with Crippen LogP contribution in [0, 0.1) is 0 Å². The molecule has 4 rings (SSSR count). The van der Waals surface area contributed by atoms with E-state index in [4.69, 9.17) is 10.7 Å². The van der Waals surface area contributed by atoms with E-state index in [1.54, 1.807) is 6.33 Å². The van der Waals surface area contributed by atoms with Crippen LogP contribution in [-0.2, 0) is 6.54 Å². The van der Waals surface area contributed by atoms with E-state index in [-0.39, 0.29) is 0 Å². The number of nitrogen functional groups attached to an aromatic ring is 1. The van der Waals surface area contributed by atoms with Crippen molar-refractivity contribution in [3.8, 4) is 0 Å². The van der Waals surface area contributed by atoms with Gasteiger partial charge in [-0.25, -0.2) is 15.0 Å². The minimum atomic E-state index is 0.413. The molecule has 2 aromatic heterocycles. The summed E-state index contributed by atoms with van der Waals surface area (Å²) in [5.41, 5.74) is 8.70. The van der Waals surface area contributed by atoms with Crippen LogP contribution < -0.4 is 5.73 Å². The van der Waals surface area contributed by atoms with Crippen molar-refractivity contribution in [1.82, 2.24) is 19.5 Å². The molecule has 1 aliphatic rings. The summed E-state index contributed by atoms with van der Waals surface area (Å²) in [4.78, 5) is 14.6. The van der Waals surface area contributed by atoms with E-state index in [1.165, 1.54) is 17.3 Å². The monoisotopic (exact) mass is 347 g/mol. The standard InChI is InChI=1S/C19H17N5S/c20-17-16-18(24(13-21-16)12-14-8-4-3-5-9-14)23-19(22-17)25-15-10-6-1-2-7-11-15/h1-6,8-11,13H,7,12H2,(H2,20,22,23). The van der Waals surface area contributed by atoms with Crippen LogP contribution in [0.4, 0.5) is 5.82 Å². The second-order valence-corrected chi connectivity index (χ2v) is 6.69. The second-order valence-electron chi connectivity index (χ2n) is 5.65. The lowest BCUT2D eigenvalue weighted by Crippen LogP contribution is -2.02. The van der Waals surface area contributed by atoms with Crippen molar-refractivity contribution < 1.29 is 0 Å². The zero-order valence-corrected chi connectivity index (χ0v) is 14.4. The number of benzene rings is 1. The number of thioether (sulfide) groups is 1. The summed E-state index contributed by atoms with van der Waals surface area (Å²) in [6, 6.07) is 10.2. The van der Waals surface area contributed by atoms with Crippen molar-refractivity contribution in [2.24, 2.45) is 0 Å². The number of imidazole rings is 1. The molecule has 2 N–H and O–H groups in total. The van der Waals surface area contributed by atoms with E-state index in [0.29, 0.717) is 23.0 Å². The average Bonchev–Trinajstić information content (AvgIpc) is 2.85. The zero-order valence-electron chi connectivity index (χ0n) is 13.5. The van der Waals surface area contributed by atoms with E-state index in [2.05, 4.69) is 40.3 Å². The molecule has 0 saturated heterocycles. The molecule has 0 saturated carbocycles. The van der Waals surface area contributed by atoms with Gasteiger partial charge in [-0.1, -0.05) is 66.4 Å². The van der Waals surface area contributed by atoms with Crippen LogP contribution in [0.25, 0.3) is 11.2 Å². The van der Waals surface area contributed by atoms with Crippen molar-refractivity contribution in [3.63, 3.8) is 0 Å². The number of hydrogen-bond acceptors (Lipinski definition) is 5. The van der Waals surface area contributed by atoms with Gasteiger partial charge in [-0.3, -0.25) is 0 Å². The summed E-state index contributed by atoms with van der Waals surface area (Å²) in [5.74, 6) is 0.413. The van der Waals surface area contributed by atoms with Crippen LogP contribution >= 0.6 is 11.8 Å². The predicted octanol–water partition coefficient (Wildman–Crippen LogP) is 3.95. The topological polar surface area (TPSA) is 69.6 Å². The number of fused-ring (bicyclic) bond motifs is 1. The summed E-state index contributed by atoms with van der Waals surface area (Å²) in [7, 11) is 0. The van der Waals surface area contributed by atoms with E-state index in [1.807, 2.05) is 34.9 Å². The summed E-state index contributed by atoms with van der Waals surface area (Å²) in [6.45, 7) is 0.699. The Morgan fingerprint density at radius 3 is 2.88 bits per heavy atom. The molecule has 0 radical (unpaired) electrons. The SMILES string of the molecule is Nc1nc(SC2=CCC=CC=C2)nc2c1ncn2Cc1ccccc1. The van der Waals surface area contributed by atoms with Gasteiger partial charge in [0.15, 0.2) is 16.6 Å². The maximum absolute atomic E-state index is 6.11. The summed E-state index contributed by atoms with van der Waals surface area (Å²) in [6.07, 6.45) is 13.0. The molecule has 0 aliphatic heterocycles. The fourth-order valence-corrected chi connectivity index (χ4v) is 3.44. The highest BCUT2D eigenvalue weighted by Crippen LogP contribution is 2.29. The Labute approximate surface area is 150 Å². The van der Waals surface area contributed by atoms with Gasteiger partial charge in [0.2, 0.25) is 0 Å². The third-order valence-electron chi connectivity index (χ3n) is 3.84. The average molecular weight is 347 g/mol. The van der Waals surface area contributed by atoms with Crippen LogP contribution in [0.1, 0.15) is 12.0 Å². The van der Waals surface area contributed by atoms with Crippen LogP contribution in [0.5, 0.6) is 0 Å². The molecule has 1 aliphatic carbocycles. The van der Waals surface area contributed by atoms with E-state index in [0.717, 1.165) is 17.0 Å². The molecule has 2 heterocycles. The van der Waals surface area contributed by atoms with Gasteiger partial charge in [0.05, 0.1) is 12.9 Å². The number of allylic oxidation sites excluding steroid dienone is 5. The van der Waals surface area contributed by atoms with Gasteiger partial charge in [0.25, 0.3) is 0 Å². The lowest BCUT2D eigenvalue weighted by atomic mass is 10.2. The number of anilines is 1. The third-order valence-corrected chi connectivity index (χ3v) is 4.74. The molecule has 25 heavy (non-hydrogen) atoms. The first kappa shape index (κ1) is 15.7. The van der Waals surface area contributed by atoms with Crippen LogP contribution in [0.3, 0.4) is 0 Å². The Bertz CT molecular complexity index is 986. The largest absolute Gasteiger partial charge is 0.382 e. The summed E-state index contributed by atoms with van der Waals surface area (Å²) < 4.78 is 2.01. The molecule has 124 valence electrons. The Balaban J connectivity index is 1.68. The maximum Gasteiger partial charge on any atom is 0.196 e. The molecule has 3 aromatic rings. The van der Waals surface area contributed by atoms with Crippen molar-refractivity contribution in [1.29, 1.82) is 0 Å². The third kappa shape index (κ3) is 3.49. The molecule has 6 heteroatoms. The Kier molecular flexibility index (Phi) is 4.35. The molecular weight excluding hydrogens is 330 g/mol. The first-order valence-electron chi connectivity index (χ1n) is 8.03. The predicted molar refractivity (Wildman–Crippen MR) is 102 cm³/mol. The van der Waals surface area contributed by atoms with Gasteiger partial charge in [-0.05, 0) is 18.1 Å². The minimum absolute atomic E-state index is 0.413. The number of nitrogens with two attached hydrogens (primary N) is 1. The maximum atomic E-state index is 6.11. The summed E-state index contributed by atoms with van der Waals surface area (Å²) >= 11 is 1.52. The number of rotatable bonds is 4. The minimum Gasteiger partial charge on any atom is -0.382 e. The first-order valence-corrected chi connectivity index (χ1v) is 8.85. The Morgan fingerprint density at radius 2 is 2.00 bits per heavy atom. The Hall–Kier alpha value is -2.86. The van der Waals surface area contributed by atoms with E-state index in [9.17, 15) is 0 Å². The molecule has 0 unspecified atom stereocenters. The van der Waals surface area contributed by atoms with Crippen molar-refractivity contribution in [2.75, 3.05) is 5.73 Å². The lowest BCUT2D eigenvalue weighted by molar-refractivity contribution is 0.805. The summed E-state index contributed by atoms with van der Waals surface area (Å²) in [5, 5.41) is 0.637. The van der Waals surface area contributed by atoms with Crippen molar-refractivity contribution >= 4 is 28.7 Å². The molecule has 0 spiro atoms. The van der Waals surface area contributed by atoms with Crippen molar-refractivity contribution in [2.45, 2.75) is 18.1 Å². The van der Waals surface area contributed by atoms with E-state index < -0.39 is 0 Å². The normalized spacial score (nSPS) is 13.8. The zero-order chi connectivity index (χ0) is 17.1. The lowest BCUT2D eigenvalue weighted by Gasteiger charge is -2.06. The molecular formula is C19H17N5S. The van der Waals surface area contributed by atoms with Gasteiger partial charge in [-0.15, -0.1) is 0 Å². The Morgan fingerprint density at radius 1 is 1.12 bits per heavy atom. The molecule has 1 aromatic carbocycles.